The zero-order valence-electron chi connectivity index (χ0n) is 16.3. The van der Waals surface area contributed by atoms with Crippen molar-refractivity contribution in [3.63, 3.8) is 0 Å². The van der Waals surface area contributed by atoms with E-state index in [0.717, 1.165) is 47.9 Å². The second kappa shape index (κ2) is 8.01. The van der Waals surface area contributed by atoms with Crippen LogP contribution >= 0.6 is 11.3 Å². The first-order valence-corrected chi connectivity index (χ1v) is 10.7. The molecule has 0 aliphatic heterocycles. The van der Waals surface area contributed by atoms with Gasteiger partial charge >= 0.3 is 0 Å². The smallest absolute Gasteiger partial charge is 0.266 e. The number of ether oxygens (including phenoxy) is 1. The lowest BCUT2D eigenvalue weighted by Crippen LogP contribution is -2.27. The summed E-state index contributed by atoms with van der Waals surface area (Å²) >= 11 is 1.60. The summed E-state index contributed by atoms with van der Waals surface area (Å²) in [5.41, 5.74) is 1.95. The Kier molecular flexibility index (Phi) is 5.46. The number of aryl methyl sites for hydroxylation is 2. The molecule has 28 heavy (non-hydrogen) atoms. The lowest BCUT2D eigenvalue weighted by molar-refractivity contribution is 0.0757. The molecule has 0 bridgehead atoms. The Balaban J connectivity index is 1.65. The van der Waals surface area contributed by atoms with Gasteiger partial charge in [-0.3, -0.25) is 14.0 Å². The Morgan fingerprint density at radius 3 is 3.00 bits per heavy atom. The van der Waals surface area contributed by atoms with Crippen LogP contribution in [0.1, 0.15) is 53.9 Å². The van der Waals surface area contributed by atoms with Crippen molar-refractivity contribution in [2.24, 2.45) is 0 Å². The first kappa shape index (κ1) is 19.1. The molecule has 7 heteroatoms. The first-order chi connectivity index (χ1) is 13.6. The number of rotatable bonds is 6. The molecule has 0 atom stereocenters. The van der Waals surface area contributed by atoms with Gasteiger partial charge in [0.05, 0.1) is 17.1 Å². The number of carbonyl (C=O) groups is 1. The number of hydrogen-bond acceptors (Lipinski definition) is 5. The Bertz CT molecular complexity index is 1080. The summed E-state index contributed by atoms with van der Waals surface area (Å²) in [6.45, 7) is 5.10. The molecule has 3 heterocycles. The summed E-state index contributed by atoms with van der Waals surface area (Å²) in [4.78, 5) is 32.6. The number of carbonyl (C=O) groups excluding carboxylic acids is 1. The van der Waals surface area contributed by atoms with E-state index < -0.39 is 0 Å². The summed E-state index contributed by atoms with van der Waals surface area (Å²) in [7, 11) is 0. The quantitative estimate of drug-likeness (QED) is 0.646. The van der Waals surface area contributed by atoms with Gasteiger partial charge < -0.3 is 10.1 Å². The Hall–Kier alpha value is -2.25. The highest BCUT2D eigenvalue weighted by atomic mass is 32.1. The van der Waals surface area contributed by atoms with E-state index in [-0.39, 0.29) is 17.6 Å². The normalized spacial score (nSPS) is 14.0. The number of amides is 1. The zero-order valence-corrected chi connectivity index (χ0v) is 17.1. The third-order valence-electron chi connectivity index (χ3n) is 5.06. The number of hydrogen-bond donors (Lipinski definition) is 1. The molecule has 6 nitrogen and oxygen atoms in total. The van der Waals surface area contributed by atoms with Gasteiger partial charge in [0.25, 0.3) is 11.5 Å². The molecular formula is C21H25N3O3S. The molecule has 4 rings (SSSR count). The predicted molar refractivity (Wildman–Crippen MR) is 112 cm³/mol. The van der Waals surface area contributed by atoms with Gasteiger partial charge in [-0.15, -0.1) is 11.3 Å². The second-order valence-corrected chi connectivity index (χ2v) is 8.54. The van der Waals surface area contributed by atoms with Gasteiger partial charge in [-0.1, -0.05) is 0 Å². The van der Waals surface area contributed by atoms with E-state index in [1.165, 1.54) is 9.28 Å². The van der Waals surface area contributed by atoms with E-state index in [0.29, 0.717) is 24.4 Å². The van der Waals surface area contributed by atoms with Gasteiger partial charge in [0.2, 0.25) is 0 Å². The second-order valence-electron chi connectivity index (χ2n) is 7.45. The lowest BCUT2D eigenvalue weighted by atomic mass is 9.97. The first-order valence-electron chi connectivity index (χ1n) is 9.91. The molecule has 0 fully saturated rings. The van der Waals surface area contributed by atoms with Crippen molar-refractivity contribution in [1.29, 1.82) is 0 Å². The van der Waals surface area contributed by atoms with E-state index in [1.807, 2.05) is 13.8 Å². The van der Waals surface area contributed by atoms with Gasteiger partial charge in [-0.25, -0.2) is 4.98 Å². The number of fused-ring (bicyclic) bond motifs is 4. The maximum absolute atomic E-state index is 13.1. The molecule has 0 aromatic carbocycles. The molecule has 1 aliphatic rings. The van der Waals surface area contributed by atoms with E-state index in [1.54, 1.807) is 29.7 Å². The summed E-state index contributed by atoms with van der Waals surface area (Å²) < 4.78 is 7.01. The summed E-state index contributed by atoms with van der Waals surface area (Å²) in [6, 6.07) is 3.46. The molecule has 0 saturated carbocycles. The molecule has 1 aliphatic carbocycles. The van der Waals surface area contributed by atoms with Crippen LogP contribution in [-0.2, 0) is 17.6 Å². The minimum Gasteiger partial charge on any atom is -0.379 e. The van der Waals surface area contributed by atoms with E-state index in [9.17, 15) is 9.59 Å². The van der Waals surface area contributed by atoms with E-state index in [2.05, 4.69) is 5.32 Å². The Morgan fingerprint density at radius 2 is 2.18 bits per heavy atom. The summed E-state index contributed by atoms with van der Waals surface area (Å²) in [5, 5.41) is 3.65. The van der Waals surface area contributed by atoms with Crippen LogP contribution in [0.2, 0.25) is 0 Å². The fourth-order valence-corrected chi connectivity index (χ4v) is 4.96. The number of aromatic nitrogens is 2. The van der Waals surface area contributed by atoms with Gasteiger partial charge in [-0.2, -0.15) is 0 Å². The number of nitrogens with one attached hydrogen (secondary N) is 1. The van der Waals surface area contributed by atoms with Crippen molar-refractivity contribution in [2.45, 2.75) is 52.1 Å². The minimum absolute atomic E-state index is 0.0700. The largest absolute Gasteiger partial charge is 0.379 e. The maximum Gasteiger partial charge on any atom is 0.266 e. The van der Waals surface area contributed by atoms with Gasteiger partial charge in [0.1, 0.15) is 4.83 Å². The van der Waals surface area contributed by atoms with Crippen LogP contribution in [0.4, 0.5) is 0 Å². The third kappa shape index (κ3) is 3.56. The van der Waals surface area contributed by atoms with E-state index in [4.69, 9.17) is 9.72 Å². The zero-order chi connectivity index (χ0) is 19.7. The van der Waals surface area contributed by atoms with Crippen LogP contribution in [-0.4, -0.2) is 34.5 Å². The molecule has 0 saturated heterocycles. The summed E-state index contributed by atoms with van der Waals surface area (Å²) in [6.07, 6.45) is 6.86. The fourth-order valence-electron chi connectivity index (χ4n) is 3.71. The average molecular weight is 400 g/mol. The van der Waals surface area contributed by atoms with Crippen LogP contribution < -0.4 is 10.9 Å². The van der Waals surface area contributed by atoms with Gasteiger partial charge in [0.15, 0.2) is 5.65 Å². The highest BCUT2D eigenvalue weighted by molar-refractivity contribution is 7.18. The number of thiophene rings is 1. The molecule has 3 aromatic rings. The average Bonchev–Trinajstić information content (AvgIpc) is 3.05. The standard InChI is InChI=1S/C21H25N3O3S/c1-13(2)27-12-6-10-22-19(25)15-8-5-11-24-18(15)23-20-17(21(24)26)14-7-3-4-9-16(14)28-20/h5,8,11,13H,3-4,6-7,9-10,12H2,1-2H3,(H,22,25). The topological polar surface area (TPSA) is 72.7 Å². The van der Waals surface area contributed by atoms with Crippen LogP contribution in [0.25, 0.3) is 15.9 Å². The lowest BCUT2D eigenvalue weighted by Gasteiger charge is -2.11. The number of nitrogens with zero attached hydrogens (tertiary/aromatic N) is 2. The monoisotopic (exact) mass is 399 g/mol. The van der Waals surface area contributed by atoms with Gasteiger partial charge in [0, 0.05) is 24.2 Å². The Morgan fingerprint density at radius 1 is 1.36 bits per heavy atom. The fraction of sp³-hybridized carbons (Fsp3) is 0.476. The summed E-state index contributed by atoms with van der Waals surface area (Å²) in [5.74, 6) is -0.213. The van der Waals surface area contributed by atoms with Crippen LogP contribution in [0, 0.1) is 0 Å². The van der Waals surface area contributed by atoms with Crippen molar-refractivity contribution in [2.75, 3.05) is 13.2 Å². The highest BCUT2D eigenvalue weighted by Gasteiger charge is 2.22. The van der Waals surface area contributed by atoms with Crippen LogP contribution in [0.15, 0.2) is 23.1 Å². The number of pyridine rings is 1. The molecule has 3 aromatic heterocycles. The van der Waals surface area contributed by atoms with Crippen molar-refractivity contribution in [3.8, 4) is 0 Å². The SMILES string of the molecule is CC(C)OCCCNC(=O)c1cccn2c(=O)c3c4c(sc3nc12)CCCC4. The molecular weight excluding hydrogens is 374 g/mol. The molecule has 1 amide bonds. The minimum atomic E-state index is -0.213. The molecule has 1 N–H and O–H groups in total. The highest BCUT2D eigenvalue weighted by Crippen LogP contribution is 2.34. The van der Waals surface area contributed by atoms with Crippen LogP contribution in [0.5, 0.6) is 0 Å². The van der Waals surface area contributed by atoms with E-state index >= 15 is 0 Å². The van der Waals surface area contributed by atoms with Crippen molar-refractivity contribution < 1.29 is 9.53 Å². The van der Waals surface area contributed by atoms with Crippen molar-refractivity contribution >= 4 is 33.1 Å². The maximum atomic E-state index is 13.1. The molecule has 148 valence electrons. The molecule has 0 radical (unpaired) electrons. The molecule has 0 unspecified atom stereocenters. The van der Waals surface area contributed by atoms with Crippen molar-refractivity contribution in [1.82, 2.24) is 14.7 Å². The predicted octanol–water partition coefficient (Wildman–Crippen LogP) is 3.33. The Labute approximate surface area is 167 Å². The van der Waals surface area contributed by atoms with Crippen LogP contribution in [0.3, 0.4) is 0 Å². The molecule has 0 spiro atoms. The van der Waals surface area contributed by atoms with Gasteiger partial charge in [-0.05, 0) is 63.6 Å². The third-order valence-corrected chi connectivity index (χ3v) is 6.25. The van der Waals surface area contributed by atoms with Crippen molar-refractivity contribution in [3.05, 3.63) is 44.7 Å².